The molecule has 1 aromatic heterocycles. The van der Waals surface area contributed by atoms with E-state index in [4.69, 9.17) is 0 Å². The smallest absolute Gasteiger partial charge is 0.0300 e. The monoisotopic (exact) mass is 393 g/mol. The summed E-state index contributed by atoms with van der Waals surface area (Å²) >= 11 is 0. The van der Waals surface area contributed by atoms with Crippen molar-refractivity contribution < 1.29 is 0 Å². The van der Waals surface area contributed by atoms with Gasteiger partial charge >= 0.3 is 0 Å². The van der Waals surface area contributed by atoms with Crippen molar-refractivity contribution in [3.63, 3.8) is 0 Å². The second-order valence-electron chi connectivity index (χ2n) is 12.1. The Labute approximate surface area is 179 Å². The van der Waals surface area contributed by atoms with Crippen molar-refractivity contribution in [1.82, 2.24) is 4.98 Å². The molecule has 4 saturated carbocycles. The van der Waals surface area contributed by atoms with Crippen LogP contribution in [0.2, 0.25) is 0 Å². The van der Waals surface area contributed by atoms with Crippen molar-refractivity contribution >= 4 is 0 Å². The van der Waals surface area contributed by atoms with Gasteiger partial charge in [0.25, 0.3) is 0 Å². The van der Waals surface area contributed by atoms with E-state index in [9.17, 15) is 0 Å². The van der Waals surface area contributed by atoms with Crippen LogP contribution in [-0.4, -0.2) is 4.98 Å². The van der Waals surface area contributed by atoms with E-state index in [1.54, 1.807) is 32.1 Å². The minimum Gasteiger partial charge on any atom is -0.264 e. The van der Waals surface area contributed by atoms with Crippen LogP contribution in [0.1, 0.15) is 89.7 Å². The first-order valence-electron chi connectivity index (χ1n) is 12.9. The quantitative estimate of drug-likeness (QED) is 0.519. The summed E-state index contributed by atoms with van der Waals surface area (Å²) in [6.45, 7) is 9.95. The van der Waals surface area contributed by atoms with Crippen LogP contribution in [0.25, 0.3) is 0 Å². The Bertz CT molecular complexity index is 725. The Kier molecular flexibility index (Phi) is 5.32. The van der Waals surface area contributed by atoms with Crippen molar-refractivity contribution in [2.75, 3.05) is 0 Å². The maximum absolute atomic E-state index is 4.46. The molecule has 9 atom stereocenters. The number of fused-ring (bicyclic) bond motifs is 5. The van der Waals surface area contributed by atoms with Gasteiger partial charge in [-0.25, -0.2) is 0 Å². The molecular weight excluding hydrogens is 350 g/mol. The molecule has 0 unspecified atom stereocenters. The lowest BCUT2D eigenvalue weighted by Gasteiger charge is -2.56. The van der Waals surface area contributed by atoms with Crippen LogP contribution in [0.4, 0.5) is 0 Å². The van der Waals surface area contributed by atoms with Gasteiger partial charge in [0.15, 0.2) is 0 Å². The predicted octanol–water partition coefficient (Wildman–Crippen LogP) is 7.47. The van der Waals surface area contributed by atoms with Crippen molar-refractivity contribution in [2.24, 2.45) is 52.8 Å². The number of pyridine rings is 1. The molecule has 29 heavy (non-hydrogen) atoms. The molecule has 4 aliphatic rings. The average molecular weight is 394 g/mol. The number of rotatable bonds is 3. The summed E-state index contributed by atoms with van der Waals surface area (Å²) in [7, 11) is 0. The maximum atomic E-state index is 4.46. The van der Waals surface area contributed by atoms with Gasteiger partial charge in [0.05, 0.1) is 0 Å². The van der Waals surface area contributed by atoms with Crippen LogP contribution >= 0.6 is 0 Å². The topological polar surface area (TPSA) is 12.9 Å². The molecule has 1 aromatic rings. The summed E-state index contributed by atoms with van der Waals surface area (Å²) in [6, 6.07) is 2.36. The Morgan fingerprint density at radius 3 is 2.66 bits per heavy atom. The largest absolute Gasteiger partial charge is 0.264 e. The molecule has 4 aliphatic carbocycles. The van der Waals surface area contributed by atoms with Gasteiger partial charge < -0.3 is 0 Å². The van der Waals surface area contributed by atoms with Crippen molar-refractivity contribution in [2.45, 2.75) is 91.9 Å². The molecular formula is C28H43N. The normalized spacial score (nSPS) is 45.2. The highest BCUT2D eigenvalue weighted by Crippen LogP contribution is 2.65. The van der Waals surface area contributed by atoms with Crippen LogP contribution in [0.3, 0.4) is 0 Å². The molecule has 0 aromatic carbocycles. The first kappa shape index (κ1) is 20.1. The van der Waals surface area contributed by atoms with Crippen molar-refractivity contribution in [1.29, 1.82) is 0 Å². The lowest BCUT2D eigenvalue weighted by Crippen LogP contribution is -2.49. The zero-order valence-corrected chi connectivity index (χ0v) is 19.4. The lowest BCUT2D eigenvalue weighted by molar-refractivity contribution is -0.0727. The van der Waals surface area contributed by atoms with Gasteiger partial charge in [0.1, 0.15) is 0 Å². The fourth-order valence-electron chi connectivity index (χ4n) is 9.31. The maximum Gasteiger partial charge on any atom is 0.0300 e. The van der Waals surface area contributed by atoms with E-state index in [1.807, 2.05) is 6.20 Å². The van der Waals surface area contributed by atoms with E-state index >= 15 is 0 Å². The van der Waals surface area contributed by atoms with Gasteiger partial charge in [-0.2, -0.15) is 0 Å². The number of aryl methyl sites for hydroxylation is 1. The first-order valence-corrected chi connectivity index (χ1v) is 12.9. The Balaban J connectivity index is 1.31. The summed E-state index contributed by atoms with van der Waals surface area (Å²) in [4.78, 5) is 4.46. The summed E-state index contributed by atoms with van der Waals surface area (Å²) in [5.41, 5.74) is 3.37. The summed E-state index contributed by atoms with van der Waals surface area (Å²) in [5.74, 6) is 8.02. The fourth-order valence-corrected chi connectivity index (χ4v) is 9.31. The second-order valence-corrected chi connectivity index (χ2v) is 12.1. The SMILES string of the molecule is Cc1cncc(C[C@H](C)[C@H]2CC[C@H]3[C@@H]4CC[C@@H]5C[C@@H](C)CC[C@@H]5[C@H]4CC[C@]23C)c1. The van der Waals surface area contributed by atoms with Gasteiger partial charge in [-0.3, -0.25) is 4.98 Å². The van der Waals surface area contributed by atoms with E-state index in [-0.39, 0.29) is 0 Å². The van der Waals surface area contributed by atoms with Crippen LogP contribution in [0.5, 0.6) is 0 Å². The highest BCUT2D eigenvalue weighted by atomic mass is 14.6. The van der Waals surface area contributed by atoms with E-state index in [2.05, 4.69) is 44.9 Å². The van der Waals surface area contributed by atoms with Crippen LogP contribution in [-0.2, 0) is 6.42 Å². The molecule has 0 spiro atoms. The molecule has 0 radical (unpaired) electrons. The van der Waals surface area contributed by atoms with E-state index in [0.29, 0.717) is 5.41 Å². The highest BCUT2D eigenvalue weighted by Gasteiger charge is 2.57. The molecule has 1 heterocycles. The minimum absolute atomic E-state index is 0.604. The van der Waals surface area contributed by atoms with Crippen LogP contribution in [0, 0.1) is 59.7 Å². The molecule has 0 saturated heterocycles. The summed E-state index contributed by atoms with van der Waals surface area (Å²) in [5, 5.41) is 0. The minimum atomic E-state index is 0.604. The molecule has 0 amide bonds. The van der Waals surface area contributed by atoms with Crippen molar-refractivity contribution in [3.05, 3.63) is 29.6 Å². The molecule has 160 valence electrons. The fraction of sp³-hybridized carbons (Fsp3) is 0.821. The molecule has 4 fully saturated rings. The standard InChI is InChI=1S/C28H43N/c1-18-5-7-23-22(14-18)6-8-25-24(23)11-12-28(4)26(9-10-27(25)28)20(3)15-21-13-19(2)16-29-17-21/h13,16-18,20,22-27H,5-12,14-15H2,1-4H3/t18-,20-,22+,23-,24+,25+,26+,27-,28+/m0/s1. The number of aromatic nitrogens is 1. The Morgan fingerprint density at radius 1 is 1.00 bits per heavy atom. The zero-order chi connectivity index (χ0) is 20.2. The molecule has 1 heteroatoms. The van der Waals surface area contributed by atoms with Crippen LogP contribution < -0.4 is 0 Å². The molecule has 0 N–H and O–H groups in total. The average Bonchev–Trinajstić information content (AvgIpc) is 3.05. The highest BCUT2D eigenvalue weighted by molar-refractivity contribution is 5.18. The third-order valence-corrected chi connectivity index (χ3v) is 10.5. The van der Waals surface area contributed by atoms with E-state index < -0.39 is 0 Å². The Morgan fingerprint density at radius 2 is 1.83 bits per heavy atom. The molecule has 5 rings (SSSR count). The lowest BCUT2D eigenvalue weighted by atomic mass is 9.48. The zero-order valence-electron chi connectivity index (χ0n) is 19.4. The number of hydrogen-bond acceptors (Lipinski definition) is 1. The summed E-state index contributed by atoms with van der Waals surface area (Å²) in [6.07, 6.45) is 19.1. The van der Waals surface area contributed by atoms with E-state index in [1.165, 1.54) is 43.2 Å². The van der Waals surface area contributed by atoms with E-state index in [0.717, 1.165) is 47.3 Å². The van der Waals surface area contributed by atoms with Gasteiger partial charge in [-0.1, -0.05) is 33.3 Å². The predicted molar refractivity (Wildman–Crippen MR) is 122 cm³/mol. The molecule has 0 bridgehead atoms. The third kappa shape index (κ3) is 3.49. The Hall–Kier alpha value is -0.850. The van der Waals surface area contributed by atoms with Gasteiger partial charge in [-0.05, 0) is 129 Å². The molecule has 0 aliphatic heterocycles. The summed E-state index contributed by atoms with van der Waals surface area (Å²) < 4.78 is 0. The van der Waals surface area contributed by atoms with Gasteiger partial charge in [-0.15, -0.1) is 0 Å². The molecule has 1 nitrogen and oxygen atoms in total. The second kappa shape index (κ2) is 7.69. The van der Waals surface area contributed by atoms with Crippen LogP contribution in [0.15, 0.2) is 18.5 Å². The third-order valence-electron chi connectivity index (χ3n) is 10.5. The van der Waals surface area contributed by atoms with Gasteiger partial charge in [0.2, 0.25) is 0 Å². The first-order chi connectivity index (χ1) is 14.0. The number of nitrogens with zero attached hydrogens (tertiary/aromatic N) is 1. The van der Waals surface area contributed by atoms with Crippen molar-refractivity contribution in [3.8, 4) is 0 Å². The number of hydrogen-bond donors (Lipinski definition) is 0. The van der Waals surface area contributed by atoms with Gasteiger partial charge in [0, 0.05) is 12.4 Å².